The number of hydrogen-bond donors (Lipinski definition) is 1. The molecule has 5 heteroatoms. The summed E-state index contributed by atoms with van der Waals surface area (Å²) < 4.78 is 2.09. The van der Waals surface area contributed by atoms with Crippen molar-refractivity contribution < 1.29 is 0 Å². The number of thiophene rings is 1. The highest BCUT2D eigenvalue weighted by Gasteiger charge is 2.18. The first kappa shape index (κ1) is 15.2. The second-order valence-corrected chi connectivity index (χ2v) is 6.35. The topological polar surface area (TPSA) is 33.1 Å². The lowest BCUT2D eigenvalue weighted by atomic mass is 10.2. The van der Waals surface area contributed by atoms with E-state index in [2.05, 4.69) is 58.2 Å². The van der Waals surface area contributed by atoms with Crippen LogP contribution in [-0.4, -0.2) is 40.6 Å². The summed E-state index contributed by atoms with van der Waals surface area (Å²) in [4.78, 5) is 8.15. The van der Waals surface area contributed by atoms with Crippen molar-refractivity contribution in [1.29, 1.82) is 0 Å². The Balaban J connectivity index is 2.04. The van der Waals surface area contributed by atoms with Gasteiger partial charge in [-0.2, -0.15) is 0 Å². The van der Waals surface area contributed by atoms with Crippen molar-refractivity contribution in [3.63, 3.8) is 0 Å². The number of rotatable bonds is 7. The first-order chi connectivity index (χ1) is 9.59. The maximum atomic E-state index is 4.50. The van der Waals surface area contributed by atoms with E-state index in [9.17, 15) is 0 Å². The Labute approximate surface area is 125 Å². The maximum absolute atomic E-state index is 4.50. The fourth-order valence-electron chi connectivity index (χ4n) is 2.07. The molecule has 0 aliphatic heterocycles. The van der Waals surface area contributed by atoms with Gasteiger partial charge in [0.1, 0.15) is 11.9 Å². The zero-order valence-electron chi connectivity index (χ0n) is 12.7. The van der Waals surface area contributed by atoms with Crippen molar-refractivity contribution in [2.45, 2.75) is 25.9 Å². The van der Waals surface area contributed by atoms with Gasteiger partial charge in [0, 0.05) is 43.4 Å². The van der Waals surface area contributed by atoms with Crippen LogP contribution in [0.4, 0.5) is 0 Å². The van der Waals surface area contributed by atoms with E-state index >= 15 is 0 Å². The molecule has 0 aromatic carbocycles. The smallest absolute Gasteiger partial charge is 0.131 e. The highest BCUT2D eigenvalue weighted by Crippen LogP contribution is 2.24. The quantitative estimate of drug-likeness (QED) is 0.851. The summed E-state index contributed by atoms with van der Waals surface area (Å²) in [6.45, 7) is 6.42. The van der Waals surface area contributed by atoms with Crippen LogP contribution < -0.4 is 5.32 Å². The van der Waals surface area contributed by atoms with E-state index in [1.807, 2.05) is 19.4 Å². The lowest BCUT2D eigenvalue weighted by Gasteiger charge is -2.23. The Hall–Kier alpha value is -1.17. The minimum absolute atomic E-state index is 0.176. The van der Waals surface area contributed by atoms with Crippen LogP contribution in [-0.2, 0) is 7.05 Å². The largest absolute Gasteiger partial charge is 0.336 e. The average Bonchev–Trinajstić information content (AvgIpc) is 3.06. The van der Waals surface area contributed by atoms with Crippen molar-refractivity contribution in [3.8, 4) is 0 Å². The van der Waals surface area contributed by atoms with Crippen LogP contribution in [0.2, 0.25) is 0 Å². The molecule has 0 saturated carbocycles. The van der Waals surface area contributed by atoms with E-state index in [-0.39, 0.29) is 6.04 Å². The van der Waals surface area contributed by atoms with Crippen LogP contribution >= 0.6 is 11.3 Å². The molecule has 1 unspecified atom stereocenters. The fraction of sp³-hybridized carbons (Fsp3) is 0.533. The predicted molar refractivity (Wildman–Crippen MR) is 85.1 cm³/mol. The number of aryl methyl sites for hydroxylation is 1. The molecule has 2 aromatic rings. The standard InChI is InChI=1S/C15H24N4S/c1-12(2)18(3)9-7-16-14(13-6-5-11-20-13)15-17-8-10-19(15)4/h5-6,8,10-12,14,16H,7,9H2,1-4H3. The number of aromatic nitrogens is 2. The Morgan fingerprint density at radius 1 is 1.45 bits per heavy atom. The maximum Gasteiger partial charge on any atom is 0.131 e. The van der Waals surface area contributed by atoms with Crippen LogP contribution in [0.3, 0.4) is 0 Å². The summed E-state index contributed by atoms with van der Waals surface area (Å²) in [5, 5.41) is 5.75. The lowest BCUT2D eigenvalue weighted by Crippen LogP contribution is -2.35. The van der Waals surface area contributed by atoms with Crippen LogP contribution in [0, 0.1) is 0 Å². The molecule has 2 heterocycles. The molecule has 0 bridgehead atoms. The molecule has 1 atom stereocenters. The summed E-state index contributed by atoms with van der Waals surface area (Å²) in [5.41, 5.74) is 0. The molecule has 0 spiro atoms. The second-order valence-electron chi connectivity index (χ2n) is 5.37. The number of hydrogen-bond acceptors (Lipinski definition) is 4. The van der Waals surface area contributed by atoms with E-state index in [4.69, 9.17) is 0 Å². The monoisotopic (exact) mass is 292 g/mol. The molecule has 0 aliphatic rings. The molecule has 2 rings (SSSR count). The van der Waals surface area contributed by atoms with E-state index < -0.39 is 0 Å². The Morgan fingerprint density at radius 3 is 2.80 bits per heavy atom. The third-order valence-corrected chi connectivity index (χ3v) is 4.58. The van der Waals surface area contributed by atoms with Gasteiger partial charge in [0.05, 0.1) is 0 Å². The van der Waals surface area contributed by atoms with Crippen molar-refractivity contribution in [2.75, 3.05) is 20.1 Å². The molecule has 2 aromatic heterocycles. The van der Waals surface area contributed by atoms with Crippen molar-refractivity contribution in [1.82, 2.24) is 19.8 Å². The molecule has 1 N–H and O–H groups in total. The van der Waals surface area contributed by atoms with Gasteiger partial charge >= 0.3 is 0 Å². The first-order valence-electron chi connectivity index (χ1n) is 7.04. The molecular weight excluding hydrogens is 268 g/mol. The van der Waals surface area contributed by atoms with Crippen molar-refractivity contribution in [3.05, 3.63) is 40.6 Å². The minimum atomic E-state index is 0.176. The van der Waals surface area contributed by atoms with E-state index in [0.29, 0.717) is 6.04 Å². The Morgan fingerprint density at radius 2 is 2.25 bits per heavy atom. The fourth-order valence-corrected chi connectivity index (χ4v) is 2.87. The van der Waals surface area contributed by atoms with Gasteiger partial charge in [-0.1, -0.05) is 6.07 Å². The summed E-state index contributed by atoms with van der Waals surface area (Å²) in [6.07, 6.45) is 3.86. The SMILES string of the molecule is CC(C)N(C)CCNC(c1cccs1)c1nccn1C. The molecule has 20 heavy (non-hydrogen) atoms. The molecule has 0 fully saturated rings. The molecule has 0 saturated heterocycles. The zero-order valence-corrected chi connectivity index (χ0v) is 13.5. The van der Waals surface area contributed by atoms with E-state index in [0.717, 1.165) is 18.9 Å². The van der Waals surface area contributed by atoms with Gasteiger partial charge in [-0.15, -0.1) is 11.3 Å². The minimum Gasteiger partial charge on any atom is -0.336 e. The highest BCUT2D eigenvalue weighted by molar-refractivity contribution is 7.10. The Kier molecular flexibility index (Phi) is 5.34. The molecule has 0 radical (unpaired) electrons. The van der Waals surface area contributed by atoms with Gasteiger partial charge in [0.2, 0.25) is 0 Å². The normalized spacial score (nSPS) is 13.3. The summed E-state index contributed by atoms with van der Waals surface area (Å²) in [5.74, 6) is 1.07. The Bertz CT molecular complexity index is 504. The number of imidazole rings is 1. The molecular formula is C15H24N4S. The number of nitrogens with zero attached hydrogens (tertiary/aromatic N) is 3. The van der Waals surface area contributed by atoms with Crippen LogP contribution in [0.15, 0.2) is 29.9 Å². The third-order valence-electron chi connectivity index (χ3n) is 3.64. The van der Waals surface area contributed by atoms with Gasteiger partial charge < -0.3 is 14.8 Å². The average molecular weight is 292 g/mol. The summed E-state index contributed by atoms with van der Waals surface area (Å²) in [6, 6.07) is 5.02. The molecule has 110 valence electrons. The first-order valence-corrected chi connectivity index (χ1v) is 7.91. The van der Waals surface area contributed by atoms with Crippen LogP contribution in [0.5, 0.6) is 0 Å². The molecule has 4 nitrogen and oxygen atoms in total. The van der Waals surface area contributed by atoms with Gasteiger partial charge in [0.25, 0.3) is 0 Å². The molecule has 0 amide bonds. The third kappa shape index (κ3) is 3.69. The summed E-state index contributed by atoms with van der Waals surface area (Å²) >= 11 is 1.77. The van der Waals surface area contributed by atoms with E-state index in [1.54, 1.807) is 11.3 Å². The van der Waals surface area contributed by atoms with Gasteiger partial charge in [-0.3, -0.25) is 0 Å². The number of nitrogens with one attached hydrogen (secondary N) is 1. The van der Waals surface area contributed by atoms with Gasteiger partial charge in [0.15, 0.2) is 0 Å². The predicted octanol–water partition coefficient (Wildman–Crippen LogP) is 2.50. The van der Waals surface area contributed by atoms with Gasteiger partial charge in [-0.05, 0) is 32.3 Å². The van der Waals surface area contributed by atoms with Crippen molar-refractivity contribution >= 4 is 11.3 Å². The van der Waals surface area contributed by atoms with Crippen LogP contribution in [0.25, 0.3) is 0 Å². The highest BCUT2D eigenvalue weighted by atomic mass is 32.1. The van der Waals surface area contributed by atoms with Gasteiger partial charge in [-0.25, -0.2) is 4.98 Å². The molecule has 0 aliphatic carbocycles. The second kappa shape index (κ2) is 7.02. The van der Waals surface area contributed by atoms with Crippen LogP contribution in [0.1, 0.15) is 30.6 Å². The van der Waals surface area contributed by atoms with E-state index in [1.165, 1.54) is 4.88 Å². The lowest BCUT2D eigenvalue weighted by molar-refractivity contribution is 0.270. The summed E-state index contributed by atoms with van der Waals surface area (Å²) in [7, 11) is 4.21. The van der Waals surface area contributed by atoms with Crippen molar-refractivity contribution in [2.24, 2.45) is 7.05 Å². The number of likely N-dealkylation sites (N-methyl/N-ethyl adjacent to an activating group) is 1. The zero-order chi connectivity index (χ0) is 14.5.